The number of nitrogens with zero attached hydrogens (tertiary/aromatic N) is 3. The Morgan fingerprint density at radius 2 is 2.00 bits per heavy atom. The van der Waals surface area contributed by atoms with Gasteiger partial charge in [0.05, 0.1) is 6.04 Å². The van der Waals surface area contributed by atoms with Crippen LogP contribution in [0.3, 0.4) is 0 Å². The second-order valence-electron chi connectivity index (χ2n) is 4.96. The van der Waals surface area contributed by atoms with Gasteiger partial charge in [0, 0.05) is 24.4 Å². The Labute approximate surface area is 112 Å². The summed E-state index contributed by atoms with van der Waals surface area (Å²) in [5.74, 6) is 2.68. The van der Waals surface area contributed by atoms with Crippen molar-refractivity contribution in [1.82, 2.24) is 15.0 Å². The van der Waals surface area contributed by atoms with Crippen LogP contribution in [0.15, 0.2) is 30.6 Å². The number of anilines is 2. The molecule has 1 saturated carbocycles. The van der Waals surface area contributed by atoms with Crippen LogP contribution in [0.5, 0.6) is 0 Å². The standard InChI is InChI=1S/C14H17N5/c1-9(10-4-6-16-7-5-10)17-13-8-12(15)18-14(19-13)11-2-3-11/h4-9,11H,2-3H2,1H3,(H3,15,17,18,19). The maximum atomic E-state index is 5.84. The van der Waals surface area contributed by atoms with Crippen LogP contribution in [0.4, 0.5) is 11.6 Å². The smallest absolute Gasteiger partial charge is 0.136 e. The highest BCUT2D eigenvalue weighted by atomic mass is 15.1. The first kappa shape index (κ1) is 11.9. The molecule has 5 nitrogen and oxygen atoms in total. The van der Waals surface area contributed by atoms with Crippen molar-refractivity contribution < 1.29 is 0 Å². The molecule has 1 unspecified atom stereocenters. The van der Waals surface area contributed by atoms with E-state index in [1.54, 1.807) is 18.5 Å². The van der Waals surface area contributed by atoms with Crippen molar-refractivity contribution in [3.05, 3.63) is 42.0 Å². The number of nitrogens with one attached hydrogen (secondary N) is 1. The van der Waals surface area contributed by atoms with Gasteiger partial charge in [0.15, 0.2) is 0 Å². The molecule has 0 saturated heterocycles. The van der Waals surface area contributed by atoms with Gasteiger partial charge in [0.25, 0.3) is 0 Å². The maximum Gasteiger partial charge on any atom is 0.136 e. The van der Waals surface area contributed by atoms with Crippen LogP contribution in [-0.4, -0.2) is 15.0 Å². The first-order valence-corrected chi connectivity index (χ1v) is 6.53. The molecule has 2 aromatic heterocycles. The van der Waals surface area contributed by atoms with E-state index in [1.165, 1.54) is 18.4 Å². The number of hydrogen-bond acceptors (Lipinski definition) is 5. The van der Waals surface area contributed by atoms with Crippen LogP contribution in [-0.2, 0) is 0 Å². The van der Waals surface area contributed by atoms with Crippen LogP contribution < -0.4 is 11.1 Å². The monoisotopic (exact) mass is 255 g/mol. The predicted molar refractivity (Wildman–Crippen MR) is 74.7 cm³/mol. The van der Waals surface area contributed by atoms with Crippen LogP contribution in [0.2, 0.25) is 0 Å². The van der Waals surface area contributed by atoms with E-state index in [1.807, 2.05) is 12.1 Å². The molecule has 1 atom stereocenters. The molecule has 19 heavy (non-hydrogen) atoms. The topological polar surface area (TPSA) is 76.7 Å². The number of hydrogen-bond donors (Lipinski definition) is 2. The van der Waals surface area contributed by atoms with Gasteiger partial charge in [-0.3, -0.25) is 4.98 Å². The van der Waals surface area contributed by atoms with E-state index in [-0.39, 0.29) is 6.04 Å². The zero-order valence-electron chi connectivity index (χ0n) is 10.9. The molecule has 0 radical (unpaired) electrons. The zero-order valence-corrected chi connectivity index (χ0v) is 10.9. The maximum absolute atomic E-state index is 5.84. The Hall–Kier alpha value is -2.17. The van der Waals surface area contributed by atoms with Crippen LogP contribution in [0.1, 0.15) is 43.1 Å². The van der Waals surface area contributed by atoms with Crippen molar-refractivity contribution in [3.63, 3.8) is 0 Å². The number of aromatic nitrogens is 3. The van der Waals surface area contributed by atoms with Gasteiger partial charge >= 0.3 is 0 Å². The lowest BCUT2D eigenvalue weighted by atomic mass is 10.1. The lowest BCUT2D eigenvalue weighted by Crippen LogP contribution is -2.10. The first-order valence-electron chi connectivity index (χ1n) is 6.53. The Morgan fingerprint density at radius 3 is 2.68 bits per heavy atom. The molecule has 0 spiro atoms. The molecule has 98 valence electrons. The van der Waals surface area contributed by atoms with Crippen molar-refractivity contribution in [2.45, 2.75) is 31.7 Å². The molecular formula is C14H17N5. The summed E-state index contributed by atoms with van der Waals surface area (Å²) in [4.78, 5) is 12.9. The van der Waals surface area contributed by atoms with Gasteiger partial charge in [-0.2, -0.15) is 0 Å². The summed E-state index contributed by atoms with van der Waals surface area (Å²) in [6.45, 7) is 2.09. The molecule has 3 rings (SSSR count). The van der Waals surface area contributed by atoms with Crippen molar-refractivity contribution >= 4 is 11.6 Å². The van der Waals surface area contributed by atoms with Gasteiger partial charge in [-0.05, 0) is 37.5 Å². The second kappa shape index (κ2) is 4.84. The van der Waals surface area contributed by atoms with E-state index in [2.05, 4.69) is 27.2 Å². The summed E-state index contributed by atoms with van der Waals surface area (Å²) in [5.41, 5.74) is 7.01. The minimum absolute atomic E-state index is 0.157. The highest BCUT2D eigenvalue weighted by Crippen LogP contribution is 2.38. The number of nitrogen functional groups attached to an aromatic ring is 1. The van der Waals surface area contributed by atoms with Crippen molar-refractivity contribution in [2.75, 3.05) is 11.1 Å². The molecule has 2 heterocycles. The highest BCUT2D eigenvalue weighted by Gasteiger charge is 2.27. The van der Waals surface area contributed by atoms with Crippen LogP contribution in [0, 0.1) is 0 Å². The average Bonchev–Trinajstić information content (AvgIpc) is 3.23. The molecule has 3 N–H and O–H groups in total. The third-order valence-electron chi connectivity index (χ3n) is 3.28. The first-order chi connectivity index (χ1) is 9.22. The lowest BCUT2D eigenvalue weighted by Gasteiger charge is -2.15. The molecule has 1 aliphatic carbocycles. The summed E-state index contributed by atoms with van der Waals surface area (Å²) in [5, 5.41) is 3.36. The number of nitrogens with two attached hydrogens (primary N) is 1. The molecule has 1 fully saturated rings. The van der Waals surface area contributed by atoms with E-state index >= 15 is 0 Å². The Bertz CT molecular complexity index is 565. The quantitative estimate of drug-likeness (QED) is 0.877. The molecule has 0 aromatic carbocycles. The summed E-state index contributed by atoms with van der Waals surface area (Å²) in [6, 6.07) is 5.92. The van der Waals surface area contributed by atoms with Crippen molar-refractivity contribution in [2.24, 2.45) is 0 Å². The Kier molecular flexibility index (Phi) is 3.03. The Balaban J connectivity index is 1.79. The average molecular weight is 255 g/mol. The minimum Gasteiger partial charge on any atom is -0.384 e. The van der Waals surface area contributed by atoms with E-state index < -0.39 is 0 Å². The zero-order chi connectivity index (χ0) is 13.2. The van der Waals surface area contributed by atoms with Crippen LogP contribution >= 0.6 is 0 Å². The summed E-state index contributed by atoms with van der Waals surface area (Å²) < 4.78 is 0. The van der Waals surface area contributed by atoms with Crippen molar-refractivity contribution in [3.8, 4) is 0 Å². The second-order valence-corrected chi connectivity index (χ2v) is 4.96. The third-order valence-corrected chi connectivity index (χ3v) is 3.28. The third kappa shape index (κ3) is 2.81. The van der Waals surface area contributed by atoms with E-state index in [0.29, 0.717) is 11.7 Å². The normalized spacial score (nSPS) is 16.1. The molecule has 1 aliphatic rings. The van der Waals surface area contributed by atoms with E-state index in [4.69, 9.17) is 5.73 Å². The van der Waals surface area contributed by atoms with E-state index in [9.17, 15) is 0 Å². The number of rotatable bonds is 4. The fraction of sp³-hybridized carbons (Fsp3) is 0.357. The van der Waals surface area contributed by atoms with Gasteiger partial charge in [-0.15, -0.1) is 0 Å². The molecule has 5 heteroatoms. The molecule has 2 aromatic rings. The summed E-state index contributed by atoms with van der Waals surface area (Å²) >= 11 is 0. The summed E-state index contributed by atoms with van der Waals surface area (Å²) in [6.07, 6.45) is 5.92. The molecular weight excluding hydrogens is 238 g/mol. The van der Waals surface area contributed by atoms with Gasteiger partial charge < -0.3 is 11.1 Å². The van der Waals surface area contributed by atoms with Gasteiger partial charge in [0.1, 0.15) is 17.5 Å². The largest absolute Gasteiger partial charge is 0.384 e. The highest BCUT2D eigenvalue weighted by molar-refractivity contribution is 5.46. The van der Waals surface area contributed by atoms with Gasteiger partial charge in [0.2, 0.25) is 0 Å². The van der Waals surface area contributed by atoms with E-state index in [0.717, 1.165) is 11.6 Å². The SMILES string of the molecule is CC(Nc1cc(N)nc(C2CC2)n1)c1ccncc1. The van der Waals surface area contributed by atoms with Crippen LogP contribution in [0.25, 0.3) is 0 Å². The van der Waals surface area contributed by atoms with Gasteiger partial charge in [-0.25, -0.2) is 9.97 Å². The Morgan fingerprint density at radius 1 is 1.26 bits per heavy atom. The molecule has 0 aliphatic heterocycles. The lowest BCUT2D eigenvalue weighted by molar-refractivity contribution is 0.853. The fourth-order valence-corrected chi connectivity index (χ4v) is 2.04. The minimum atomic E-state index is 0.157. The van der Waals surface area contributed by atoms with Gasteiger partial charge in [-0.1, -0.05) is 0 Å². The molecule has 0 amide bonds. The predicted octanol–water partition coefficient (Wildman–Crippen LogP) is 2.50. The summed E-state index contributed by atoms with van der Waals surface area (Å²) in [7, 11) is 0. The van der Waals surface area contributed by atoms with Crippen molar-refractivity contribution in [1.29, 1.82) is 0 Å². The number of pyridine rings is 1. The molecule has 0 bridgehead atoms. The fourth-order valence-electron chi connectivity index (χ4n) is 2.04.